The fourth-order valence-electron chi connectivity index (χ4n) is 2.34. The summed E-state index contributed by atoms with van der Waals surface area (Å²) >= 11 is 0. The van der Waals surface area contributed by atoms with Crippen LogP contribution in [0.25, 0.3) is 23.0 Å². The molecule has 28 heavy (non-hydrogen) atoms. The molecule has 10 heteroatoms. The predicted molar refractivity (Wildman–Crippen MR) is 90.1 cm³/mol. The molecule has 0 saturated heterocycles. The number of aromatic nitrogens is 5. The van der Waals surface area contributed by atoms with E-state index < -0.39 is 11.9 Å². The molecule has 0 N–H and O–H groups in total. The Morgan fingerprint density at radius 1 is 0.964 bits per heavy atom. The van der Waals surface area contributed by atoms with Crippen molar-refractivity contribution in [1.29, 1.82) is 0 Å². The highest BCUT2D eigenvalue weighted by Gasteiger charge is 2.34. The molecule has 0 aliphatic carbocycles. The summed E-state index contributed by atoms with van der Waals surface area (Å²) < 4.78 is 50.4. The van der Waals surface area contributed by atoms with E-state index in [0.29, 0.717) is 5.56 Å². The van der Waals surface area contributed by atoms with Gasteiger partial charge in [0, 0.05) is 17.8 Å². The number of rotatable bonds is 4. The Hall–Kier alpha value is -3.82. The second-order valence-electron chi connectivity index (χ2n) is 5.50. The normalized spacial score (nSPS) is 11.4. The van der Waals surface area contributed by atoms with Gasteiger partial charge in [-0.25, -0.2) is 4.98 Å². The van der Waals surface area contributed by atoms with Crippen LogP contribution in [-0.2, 0) is 6.18 Å². The Kier molecular flexibility index (Phi) is 4.44. The lowest BCUT2D eigenvalue weighted by atomic mass is 10.2. The van der Waals surface area contributed by atoms with Gasteiger partial charge in [0.1, 0.15) is 11.4 Å². The Labute approximate surface area is 155 Å². The van der Waals surface area contributed by atoms with E-state index >= 15 is 0 Å². The molecule has 0 amide bonds. The van der Waals surface area contributed by atoms with Crippen LogP contribution in [0.15, 0.2) is 65.5 Å². The topological polar surface area (TPSA) is 86.8 Å². The van der Waals surface area contributed by atoms with Crippen LogP contribution in [0.4, 0.5) is 13.2 Å². The molecule has 0 aliphatic heterocycles. The summed E-state index contributed by atoms with van der Waals surface area (Å²) in [5.41, 5.74) is -0.394. The maximum absolute atomic E-state index is 13.3. The van der Waals surface area contributed by atoms with E-state index in [0.717, 1.165) is 6.07 Å². The van der Waals surface area contributed by atoms with E-state index in [-0.39, 0.29) is 29.0 Å². The Morgan fingerprint density at radius 3 is 2.57 bits per heavy atom. The summed E-state index contributed by atoms with van der Waals surface area (Å²) in [4.78, 5) is 11.6. The van der Waals surface area contributed by atoms with Crippen molar-refractivity contribution < 1.29 is 22.3 Å². The molecule has 1 aromatic carbocycles. The number of ether oxygens (including phenoxy) is 1. The number of alkyl halides is 3. The summed E-state index contributed by atoms with van der Waals surface area (Å²) in [5, 5.41) is 7.37. The van der Waals surface area contributed by atoms with E-state index in [9.17, 15) is 13.2 Å². The molecular formula is C18H10F3N5O2. The van der Waals surface area contributed by atoms with Crippen LogP contribution in [-0.4, -0.2) is 25.1 Å². The third-order valence-corrected chi connectivity index (χ3v) is 3.55. The molecule has 0 radical (unpaired) electrons. The van der Waals surface area contributed by atoms with Gasteiger partial charge in [0.15, 0.2) is 11.5 Å². The van der Waals surface area contributed by atoms with Crippen molar-refractivity contribution >= 4 is 0 Å². The second-order valence-corrected chi connectivity index (χ2v) is 5.50. The van der Waals surface area contributed by atoms with Gasteiger partial charge in [-0.05, 0) is 30.3 Å². The van der Waals surface area contributed by atoms with E-state index in [1.165, 1.54) is 18.7 Å². The van der Waals surface area contributed by atoms with Crippen LogP contribution in [0, 0.1) is 0 Å². The van der Waals surface area contributed by atoms with E-state index in [4.69, 9.17) is 9.15 Å². The van der Waals surface area contributed by atoms with E-state index in [2.05, 4.69) is 25.1 Å². The summed E-state index contributed by atoms with van der Waals surface area (Å²) in [6, 6.07) is 11.9. The molecule has 0 fully saturated rings. The van der Waals surface area contributed by atoms with Crippen LogP contribution < -0.4 is 4.74 Å². The van der Waals surface area contributed by atoms with Gasteiger partial charge in [-0.1, -0.05) is 12.1 Å². The van der Waals surface area contributed by atoms with Crippen LogP contribution in [0.5, 0.6) is 11.6 Å². The van der Waals surface area contributed by atoms with Gasteiger partial charge in [-0.15, -0.1) is 10.2 Å². The predicted octanol–water partition coefficient (Wildman–Crippen LogP) is 4.40. The first-order valence-corrected chi connectivity index (χ1v) is 7.91. The Morgan fingerprint density at radius 2 is 1.86 bits per heavy atom. The van der Waals surface area contributed by atoms with Crippen molar-refractivity contribution in [3.8, 4) is 34.6 Å². The van der Waals surface area contributed by atoms with Gasteiger partial charge in [0.2, 0.25) is 18.2 Å². The second kappa shape index (κ2) is 7.06. The van der Waals surface area contributed by atoms with Crippen LogP contribution in [0.2, 0.25) is 0 Å². The minimum atomic E-state index is -4.67. The third-order valence-electron chi connectivity index (χ3n) is 3.55. The molecular weight excluding hydrogens is 375 g/mol. The largest absolute Gasteiger partial charge is 0.439 e. The molecule has 4 rings (SSSR count). The molecule has 0 atom stereocenters. The number of benzene rings is 1. The SMILES string of the molecule is FC(F)(F)c1cc(Oc2cccc(-c3nnco3)c2)nc(-c2ccccn2)n1. The first-order chi connectivity index (χ1) is 13.5. The highest BCUT2D eigenvalue weighted by atomic mass is 19.4. The quantitative estimate of drug-likeness (QED) is 0.515. The number of hydrogen-bond acceptors (Lipinski definition) is 7. The molecule has 3 heterocycles. The average molecular weight is 385 g/mol. The fourth-order valence-corrected chi connectivity index (χ4v) is 2.34. The lowest BCUT2D eigenvalue weighted by Gasteiger charge is -2.11. The van der Waals surface area contributed by atoms with Gasteiger partial charge in [-0.3, -0.25) is 4.98 Å². The fraction of sp³-hybridized carbons (Fsp3) is 0.0556. The molecule has 0 unspecified atom stereocenters. The Balaban J connectivity index is 1.72. The van der Waals surface area contributed by atoms with Crippen molar-refractivity contribution in [3.05, 3.63) is 66.8 Å². The molecule has 0 bridgehead atoms. The minimum Gasteiger partial charge on any atom is -0.439 e. The van der Waals surface area contributed by atoms with Gasteiger partial charge in [-0.2, -0.15) is 18.2 Å². The van der Waals surface area contributed by atoms with Crippen molar-refractivity contribution in [1.82, 2.24) is 25.1 Å². The minimum absolute atomic E-state index is 0.193. The number of nitrogens with zero attached hydrogens (tertiary/aromatic N) is 5. The van der Waals surface area contributed by atoms with Gasteiger partial charge >= 0.3 is 6.18 Å². The molecule has 4 aromatic rings. The van der Waals surface area contributed by atoms with Crippen molar-refractivity contribution in [2.24, 2.45) is 0 Å². The van der Waals surface area contributed by atoms with Crippen LogP contribution in [0.1, 0.15) is 5.69 Å². The maximum atomic E-state index is 13.3. The molecule has 0 spiro atoms. The Bertz CT molecular complexity index is 1090. The first-order valence-electron chi connectivity index (χ1n) is 7.91. The summed E-state index contributed by atoms with van der Waals surface area (Å²) in [7, 11) is 0. The van der Waals surface area contributed by atoms with Crippen molar-refractivity contribution in [2.45, 2.75) is 6.18 Å². The first kappa shape index (κ1) is 17.6. The van der Waals surface area contributed by atoms with Gasteiger partial charge < -0.3 is 9.15 Å². The lowest BCUT2D eigenvalue weighted by molar-refractivity contribution is -0.141. The van der Waals surface area contributed by atoms with Gasteiger partial charge in [0.05, 0.1) is 0 Å². The molecule has 140 valence electrons. The third kappa shape index (κ3) is 3.80. The molecule has 0 aliphatic rings. The number of hydrogen-bond donors (Lipinski definition) is 0. The zero-order valence-corrected chi connectivity index (χ0v) is 14.0. The highest BCUT2D eigenvalue weighted by Crippen LogP contribution is 2.33. The zero-order valence-electron chi connectivity index (χ0n) is 14.0. The average Bonchev–Trinajstić information content (AvgIpc) is 3.23. The number of halogens is 3. The molecule has 0 saturated carbocycles. The van der Waals surface area contributed by atoms with Crippen LogP contribution in [0.3, 0.4) is 0 Å². The smallest absolute Gasteiger partial charge is 0.433 e. The summed E-state index contributed by atoms with van der Waals surface area (Å²) in [6.45, 7) is 0. The lowest BCUT2D eigenvalue weighted by Crippen LogP contribution is -2.10. The molecule has 7 nitrogen and oxygen atoms in total. The zero-order chi connectivity index (χ0) is 19.6. The van der Waals surface area contributed by atoms with Crippen molar-refractivity contribution in [2.75, 3.05) is 0 Å². The monoisotopic (exact) mass is 385 g/mol. The molecule has 3 aromatic heterocycles. The van der Waals surface area contributed by atoms with E-state index in [1.54, 1.807) is 36.4 Å². The van der Waals surface area contributed by atoms with Crippen molar-refractivity contribution in [3.63, 3.8) is 0 Å². The number of pyridine rings is 1. The van der Waals surface area contributed by atoms with Gasteiger partial charge in [0.25, 0.3) is 0 Å². The standard InChI is InChI=1S/C18H10F3N5O2/c19-18(20,21)14-9-15(25-16(24-14)13-6-1-2-7-22-13)28-12-5-3-4-11(8-12)17-26-23-10-27-17/h1-10H. The summed E-state index contributed by atoms with van der Waals surface area (Å²) in [6.07, 6.45) is -2.06. The maximum Gasteiger partial charge on any atom is 0.433 e. The van der Waals surface area contributed by atoms with Crippen LogP contribution >= 0.6 is 0 Å². The van der Waals surface area contributed by atoms with E-state index in [1.807, 2.05) is 0 Å². The highest BCUT2D eigenvalue weighted by molar-refractivity contribution is 5.56. The summed E-state index contributed by atoms with van der Waals surface area (Å²) in [5.74, 6) is 0.0249.